The Bertz CT molecular complexity index is 1400. The monoisotopic (exact) mass is 559 g/mol. The molecule has 0 unspecified atom stereocenters. The topological polar surface area (TPSA) is 90.0 Å². The second kappa shape index (κ2) is 12.2. The van der Waals surface area contributed by atoms with Gasteiger partial charge in [0.15, 0.2) is 11.5 Å². The lowest BCUT2D eigenvalue weighted by atomic mass is 9.96. The summed E-state index contributed by atoms with van der Waals surface area (Å²) in [6, 6.07) is 12.2. The van der Waals surface area contributed by atoms with Crippen LogP contribution in [0.25, 0.3) is 0 Å². The number of hydrogen-bond donors (Lipinski definition) is 1. The van der Waals surface area contributed by atoms with Crippen LogP contribution in [-0.4, -0.2) is 52.7 Å². The predicted molar refractivity (Wildman–Crippen MR) is 149 cm³/mol. The number of aryl methyl sites for hydroxylation is 2. The van der Waals surface area contributed by atoms with Crippen molar-refractivity contribution in [2.45, 2.75) is 44.1 Å². The quantitative estimate of drug-likeness (QED) is 0.343. The van der Waals surface area contributed by atoms with Crippen LogP contribution < -0.4 is 18.9 Å². The summed E-state index contributed by atoms with van der Waals surface area (Å²) in [5.41, 5.74) is 3.60. The molecular weight excluding hydrogens is 526 g/mol. The average molecular weight is 560 g/mol. The molecule has 8 nitrogen and oxygen atoms in total. The molecule has 10 heteroatoms. The third-order valence-corrected chi connectivity index (χ3v) is 8.34. The molecule has 0 radical (unpaired) electrons. The number of rotatable bonds is 11. The Balaban J connectivity index is 1.60. The number of nitrogens with one attached hydrogen (secondary N) is 1. The lowest BCUT2D eigenvalue weighted by molar-refractivity contribution is 0.249. The van der Waals surface area contributed by atoms with E-state index in [0.29, 0.717) is 34.4 Å². The summed E-state index contributed by atoms with van der Waals surface area (Å²) in [6.45, 7) is 3.12. The van der Waals surface area contributed by atoms with Crippen molar-refractivity contribution in [2.75, 3.05) is 39.1 Å². The van der Waals surface area contributed by atoms with Gasteiger partial charge in [0, 0.05) is 17.3 Å². The van der Waals surface area contributed by atoms with Gasteiger partial charge >= 0.3 is 0 Å². The molecule has 1 N–H and O–H groups in total. The van der Waals surface area contributed by atoms with Crippen molar-refractivity contribution in [3.8, 4) is 17.4 Å². The number of halogens is 1. The van der Waals surface area contributed by atoms with Gasteiger partial charge in [-0.2, -0.15) is 0 Å². The van der Waals surface area contributed by atoms with Crippen LogP contribution in [0.1, 0.15) is 35.2 Å². The van der Waals surface area contributed by atoms with Gasteiger partial charge in [0.2, 0.25) is 5.88 Å². The van der Waals surface area contributed by atoms with Crippen molar-refractivity contribution in [1.29, 1.82) is 0 Å². The fourth-order valence-corrected chi connectivity index (χ4v) is 5.84. The molecule has 0 saturated heterocycles. The molecule has 0 spiro atoms. The van der Waals surface area contributed by atoms with Crippen molar-refractivity contribution >= 4 is 27.3 Å². The minimum absolute atomic E-state index is 0.114. The number of likely N-dealkylation sites (N-methyl/N-ethyl adjacent to an activating group) is 1. The first kappa shape index (κ1) is 28.0. The second-order valence-electron chi connectivity index (χ2n) is 9.55. The fraction of sp³-hybridized carbons (Fsp3) is 0.393. The Labute approximate surface area is 229 Å². The summed E-state index contributed by atoms with van der Waals surface area (Å²) < 4.78 is 46.9. The molecule has 1 aliphatic rings. The van der Waals surface area contributed by atoms with Crippen molar-refractivity contribution in [3.63, 3.8) is 0 Å². The van der Waals surface area contributed by atoms with Gasteiger partial charge in [0.25, 0.3) is 10.0 Å². The number of methoxy groups -OCH3 is 1. The van der Waals surface area contributed by atoms with Crippen LogP contribution in [0, 0.1) is 6.92 Å². The van der Waals surface area contributed by atoms with E-state index in [0.717, 1.165) is 49.0 Å². The Morgan fingerprint density at radius 3 is 2.61 bits per heavy atom. The lowest BCUT2D eigenvalue weighted by Gasteiger charge is -2.20. The molecule has 204 valence electrons. The van der Waals surface area contributed by atoms with Crippen molar-refractivity contribution in [3.05, 3.63) is 69.9 Å². The van der Waals surface area contributed by atoms with E-state index in [-0.39, 0.29) is 17.4 Å². The minimum atomic E-state index is -3.93. The maximum absolute atomic E-state index is 13.3. The normalized spacial score (nSPS) is 13.2. The molecule has 0 saturated carbocycles. The van der Waals surface area contributed by atoms with Crippen molar-refractivity contribution in [1.82, 2.24) is 9.88 Å². The third kappa shape index (κ3) is 6.70. The van der Waals surface area contributed by atoms with E-state index in [9.17, 15) is 8.42 Å². The molecule has 0 amide bonds. The van der Waals surface area contributed by atoms with Crippen molar-refractivity contribution < 1.29 is 22.6 Å². The van der Waals surface area contributed by atoms with E-state index in [1.165, 1.54) is 6.07 Å². The lowest BCUT2D eigenvalue weighted by Crippen LogP contribution is -2.19. The number of fused-ring (bicyclic) bond motifs is 1. The number of benzene rings is 2. The van der Waals surface area contributed by atoms with E-state index in [4.69, 9.17) is 30.8 Å². The number of hydrogen-bond acceptors (Lipinski definition) is 7. The number of aromatic nitrogens is 1. The molecule has 1 aromatic heterocycles. The molecule has 0 atom stereocenters. The average Bonchev–Trinajstić information content (AvgIpc) is 2.88. The molecule has 1 aliphatic carbocycles. The highest BCUT2D eigenvalue weighted by atomic mass is 35.5. The molecule has 3 aromatic rings. The van der Waals surface area contributed by atoms with Gasteiger partial charge < -0.3 is 19.1 Å². The van der Waals surface area contributed by atoms with Gasteiger partial charge in [-0.25, -0.2) is 13.4 Å². The van der Waals surface area contributed by atoms with Gasteiger partial charge in [-0.05, 0) is 93.7 Å². The number of anilines is 1. The fourth-order valence-electron chi connectivity index (χ4n) is 4.29. The van der Waals surface area contributed by atoms with Crippen LogP contribution in [0.5, 0.6) is 17.4 Å². The highest BCUT2D eigenvalue weighted by Crippen LogP contribution is 2.34. The highest BCUT2D eigenvalue weighted by molar-refractivity contribution is 7.92. The van der Waals surface area contributed by atoms with E-state index in [2.05, 4.69) is 4.72 Å². The number of sulfonamides is 1. The summed E-state index contributed by atoms with van der Waals surface area (Å²) in [7, 11) is 1.64. The smallest absolute Gasteiger partial charge is 0.262 e. The molecule has 0 bridgehead atoms. The zero-order valence-corrected chi connectivity index (χ0v) is 23.8. The Morgan fingerprint density at radius 2 is 1.84 bits per heavy atom. The second-order valence-corrected chi connectivity index (χ2v) is 11.6. The van der Waals surface area contributed by atoms with Crippen molar-refractivity contribution in [2.24, 2.45) is 0 Å². The van der Waals surface area contributed by atoms with E-state index in [1.807, 2.05) is 43.3 Å². The maximum Gasteiger partial charge on any atom is 0.262 e. The van der Waals surface area contributed by atoms with E-state index >= 15 is 0 Å². The largest absolute Gasteiger partial charge is 0.493 e. The first-order valence-corrected chi connectivity index (χ1v) is 14.4. The zero-order valence-electron chi connectivity index (χ0n) is 22.2. The van der Waals surface area contributed by atoms with Gasteiger partial charge in [-0.1, -0.05) is 23.7 Å². The SMILES string of the molecule is COc1ccc(COc2nc3c(cc2NS(=O)(=O)c2cccc(Cl)c2C)CCCC3)cc1OCCN(C)C. The van der Waals surface area contributed by atoms with Crippen LogP contribution in [0.3, 0.4) is 0 Å². The number of pyridine rings is 1. The molecule has 1 heterocycles. The first-order valence-electron chi connectivity index (χ1n) is 12.6. The summed E-state index contributed by atoms with van der Waals surface area (Å²) in [6.07, 6.45) is 3.76. The molecule has 0 aliphatic heterocycles. The van der Waals surface area contributed by atoms with Crippen LogP contribution in [0.4, 0.5) is 5.69 Å². The Hall–Kier alpha value is -3.01. The third-order valence-electron chi connectivity index (χ3n) is 6.42. The molecule has 4 rings (SSSR count). The van der Waals surface area contributed by atoms with Crippen LogP contribution in [0.2, 0.25) is 5.02 Å². The van der Waals surface area contributed by atoms with Crippen LogP contribution in [-0.2, 0) is 29.5 Å². The summed E-state index contributed by atoms with van der Waals surface area (Å²) >= 11 is 6.20. The predicted octanol–water partition coefficient (Wildman–Crippen LogP) is 5.25. The van der Waals surface area contributed by atoms with Crippen LogP contribution >= 0.6 is 11.6 Å². The minimum Gasteiger partial charge on any atom is -0.493 e. The van der Waals surface area contributed by atoms with Gasteiger partial charge in [-0.3, -0.25) is 4.72 Å². The highest BCUT2D eigenvalue weighted by Gasteiger charge is 2.23. The molecule has 38 heavy (non-hydrogen) atoms. The summed E-state index contributed by atoms with van der Waals surface area (Å²) in [4.78, 5) is 6.89. The van der Waals surface area contributed by atoms with Gasteiger partial charge in [0.05, 0.1) is 12.0 Å². The molecule has 0 fully saturated rings. The maximum atomic E-state index is 13.3. The number of nitrogens with zero attached hydrogens (tertiary/aromatic N) is 2. The molecular formula is C28H34ClN3O5S. The van der Waals surface area contributed by atoms with Crippen LogP contribution in [0.15, 0.2) is 47.4 Å². The van der Waals surface area contributed by atoms with E-state index in [1.54, 1.807) is 26.2 Å². The Kier molecular flexibility index (Phi) is 9.02. The summed E-state index contributed by atoms with van der Waals surface area (Å²) in [5.74, 6) is 1.48. The van der Waals surface area contributed by atoms with Gasteiger partial charge in [-0.15, -0.1) is 0 Å². The van der Waals surface area contributed by atoms with Gasteiger partial charge in [0.1, 0.15) is 18.9 Å². The zero-order chi connectivity index (χ0) is 27.3. The summed E-state index contributed by atoms with van der Waals surface area (Å²) in [5, 5.41) is 0.385. The first-order chi connectivity index (χ1) is 18.2. The Morgan fingerprint density at radius 1 is 1.05 bits per heavy atom. The van der Waals surface area contributed by atoms with E-state index < -0.39 is 10.0 Å². The molecule has 2 aromatic carbocycles. The standard InChI is InChI=1S/C28H34ClN3O5S/c1-19-22(29)9-7-11-27(19)38(33,34)31-24-17-21-8-5-6-10-23(21)30-28(24)37-18-20-12-13-25(35-4)26(16-20)36-15-14-32(2)3/h7,9,11-13,16-17,31H,5-6,8,10,14-15,18H2,1-4H3. The number of ether oxygens (including phenoxy) is 3.